The number of hydrogen-bond donors (Lipinski definition) is 2. The SMILES string of the molecule is O=C(CCCl)NC(=O)NCC1CCSCC1. The number of imide groups is 1. The van der Waals surface area contributed by atoms with Crippen LogP contribution in [0.5, 0.6) is 0 Å². The molecule has 16 heavy (non-hydrogen) atoms. The second-order valence-corrected chi connectivity index (χ2v) is 5.36. The van der Waals surface area contributed by atoms with Gasteiger partial charge in [0.2, 0.25) is 5.91 Å². The molecule has 0 atom stereocenters. The number of amides is 3. The molecule has 0 aromatic carbocycles. The highest BCUT2D eigenvalue weighted by Gasteiger charge is 2.15. The minimum atomic E-state index is -0.409. The Bertz CT molecular complexity index is 245. The maximum Gasteiger partial charge on any atom is 0.321 e. The van der Waals surface area contributed by atoms with Crippen molar-refractivity contribution in [3.8, 4) is 0 Å². The molecule has 0 spiro atoms. The van der Waals surface area contributed by atoms with Gasteiger partial charge in [0.15, 0.2) is 0 Å². The van der Waals surface area contributed by atoms with E-state index in [-0.39, 0.29) is 18.2 Å². The van der Waals surface area contributed by atoms with Crippen LogP contribution >= 0.6 is 23.4 Å². The Morgan fingerprint density at radius 1 is 1.31 bits per heavy atom. The standard InChI is InChI=1S/C10H17ClN2O2S/c11-4-1-9(14)13-10(15)12-7-8-2-5-16-6-3-8/h8H,1-7H2,(H2,12,13,14,15). The Morgan fingerprint density at radius 3 is 2.62 bits per heavy atom. The van der Waals surface area contributed by atoms with Crippen molar-refractivity contribution in [3.63, 3.8) is 0 Å². The van der Waals surface area contributed by atoms with Crippen molar-refractivity contribution in [1.82, 2.24) is 10.6 Å². The molecule has 1 heterocycles. The topological polar surface area (TPSA) is 58.2 Å². The Hall–Kier alpha value is -0.420. The Kier molecular flexibility index (Phi) is 6.64. The first kappa shape index (κ1) is 13.6. The second-order valence-electron chi connectivity index (χ2n) is 3.75. The maximum absolute atomic E-state index is 11.3. The first-order chi connectivity index (χ1) is 7.72. The molecule has 1 aliphatic heterocycles. The zero-order chi connectivity index (χ0) is 11.8. The third-order valence-electron chi connectivity index (χ3n) is 2.47. The molecular formula is C10H17ClN2O2S. The van der Waals surface area contributed by atoms with E-state index in [4.69, 9.17) is 11.6 Å². The van der Waals surface area contributed by atoms with Crippen molar-refractivity contribution < 1.29 is 9.59 Å². The van der Waals surface area contributed by atoms with Gasteiger partial charge in [-0.1, -0.05) is 0 Å². The molecule has 0 aromatic heterocycles. The maximum atomic E-state index is 11.3. The van der Waals surface area contributed by atoms with E-state index >= 15 is 0 Å². The molecule has 0 radical (unpaired) electrons. The summed E-state index contributed by atoms with van der Waals surface area (Å²) in [5.74, 6) is 2.79. The monoisotopic (exact) mass is 264 g/mol. The molecule has 92 valence electrons. The first-order valence-electron chi connectivity index (χ1n) is 5.43. The lowest BCUT2D eigenvalue weighted by molar-refractivity contribution is -0.119. The van der Waals surface area contributed by atoms with Crippen molar-refractivity contribution >= 4 is 35.3 Å². The van der Waals surface area contributed by atoms with E-state index in [2.05, 4.69) is 10.6 Å². The van der Waals surface area contributed by atoms with Crippen LogP contribution in [-0.4, -0.2) is 35.9 Å². The molecule has 2 N–H and O–H groups in total. The molecule has 0 unspecified atom stereocenters. The number of halogens is 1. The summed E-state index contributed by atoms with van der Waals surface area (Å²) in [6, 6.07) is -0.409. The fraction of sp³-hybridized carbons (Fsp3) is 0.800. The summed E-state index contributed by atoms with van der Waals surface area (Å²) in [5.41, 5.74) is 0. The number of carbonyl (C=O) groups excluding carboxylic acids is 2. The molecule has 1 fully saturated rings. The number of urea groups is 1. The molecule has 0 bridgehead atoms. The lowest BCUT2D eigenvalue weighted by Crippen LogP contribution is -2.41. The van der Waals surface area contributed by atoms with Crippen LogP contribution < -0.4 is 10.6 Å². The highest BCUT2D eigenvalue weighted by molar-refractivity contribution is 7.99. The van der Waals surface area contributed by atoms with Crippen molar-refractivity contribution in [2.45, 2.75) is 19.3 Å². The Labute approximate surface area is 105 Å². The molecule has 4 nitrogen and oxygen atoms in total. The number of hydrogen-bond acceptors (Lipinski definition) is 3. The van der Waals surface area contributed by atoms with E-state index in [0.717, 1.165) is 12.8 Å². The molecule has 0 aromatic rings. The van der Waals surface area contributed by atoms with Crippen LogP contribution in [0.2, 0.25) is 0 Å². The Balaban J connectivity index is 2.11. The van der Waals surface area contributed by atoms with Gasteiger partial charge in [0.05, 0.1) is 0 Å². The highest BCUT2D eigenvalue weighted by atomic mass is 35.5. The predicted octanol–water partition coefficient (Wildman–Crippen LogP) is 1.58. The molecule has 0 saturated carbocycles. The van der Waals surface area contributed by atoms with Gasteiger partial charge >= 0.3 is 6.03 Å². The molecule has 3 amide bonds. The van der Waals surface area contributed by atoms with E-state index in [9.17, 15) is 9.59 Å². The predicted molar refractivity (Wildman–Crippen MR) is 66.9 cm³/mol. The molecule has 1 saturated heterocycles. The van der Waals surface area contributed by atoms with E-state index in [0.29, 0.717) is 12.5 Å². The minimum absolute atomic E-state index is 0.176. The van der Waals surface area contributed by atoms with Gasteiger partial charge in [0.1, 0.15) is 0 Å². The van der Waals surface area contributed by atoms with Crippen LogP contribution in [0.4, 0.5) is 4.79 Å². The van der Waals surface area contributed by atoms with E-state index in [1.165, 1.54) is 11.5 Å². The summed E-state index contributed by atoms with van der Waals surface area (Å²) in [6.45, 7) is 0.653. The smallest absolute Gasteiger partial charge is 0.321 e. The molecule has 1 rings (SSSR count). The summed E-state index contributed by atoms with van der Waals surface area (Å²) in [5, 5.41) is 4.96. The van der Waals surface area contributed by atoms with E-state index in [1.807, 2.05) is 11.8 Å². The van der Waals surface area contributed by atoms with Gasteiger partial charge in [0.25, 0.3) is 0 Å². The third kappa shape index (κ3) is 5.61. The number of nitrogens with one attached hydrogen (secondary N) is 2. The van der Waals surface area contributed by atoms with Crippen LogP contribution in [-0.2, 0) is 4.79 Å². The third-order valence-corrected chi connectivity index (χ3v) is 3.70. The van der Waals surface area contributed by atoms with Gasteiger partial charge in [-0.15, -0.1) is 11.6 Å². The lowest BCUT2D eigenvalue weighted by atomic mass is 10.0. The van der Waals surface area contributed by atoms with E-state index in [1.54, 1.807) is 0 Å². The van der Waals surface area contributed by atoms with Gasteiger partial charge in [-0.3, -0.25) is 10.1 Å². The zero-order valence-corrected chi connectivity index (χ0v) is 10.7. The second kappa shape index (κ2) is 7.79. The normalized spacial score (nSPS) is 16.8. The molecule has 0 aliphatic carbocycles. The largest absolute Gasteiger partial charge is 0.338 e. The van der Waals surface area contributed by atoms with Crippen LogP contribution in [0.3, 0.4) is 0 Å². The molecule has 6 heteroatoms. The van der Waals surface area contributed by atoms with Gasteiger partial charge in [-0.25, -0.2) is 4.79 Å². The summed E-state index contributed by atoms with van der Waals surface area (Å²) in [6.07, 6.45) is 2.45. The van der Waals surface area contributed by atoms with Gasteiger partial charge in [0, 0.05) is 18.8 Å². The molecular weight excluding hydrogens is 248 g/mol. The fourth-order valence-corrected chi connectivity index (χ4v) is 2.88. The van der Waals surface area contributed by atoms with Gasteiger partial charge < -0.3 is 5.32 Å². The summed E-state index contributed by atoms with van der Waals surface area (Å²) in [7, 11) is 0. The van der Waals surface area contributed by atoms with Crippen LogP contribution in [0.25, 0.3) is 0 Å². The van der Waals surface area contributed by atoms with Crippen molar-refractivity contribution in [2.75, 3.05) is 23.9 Å². The minimum Gasteiger partial charge on any atom is -0.338 e. The van der Waals surface area contributed by atoms with Gasteiger partial charge in [-0.05, 0) is 30.3 Å². The first-order valence-corrected chi connectivity index (χ1v) is 7.12. The summed E-state index contributed by atoms with van der Waals surface area (Å²) in [4.78, 5) is 22.3. The van der Waals surface area contributed by atoms with Crippen LogP contribution in [0.1, 0.15) is 19.3 Å². The van der Waals surface area contributed by atoms with E-state index < -0.39 is 6.03 Å². The highest BCUT2D eigenvalue weighted by Crippen LogP contribution is 2.21. The zero-order valence-electron chi connectivity index (χ0n) is 9.13. The summed E-state index contributed by atoms with van der Waals surface area (Å²) < 4.78 is 0. The summed E-state index contributed by atoms with van der Waals surface area (Å²) >= 11 is 7.34. The van der Waals surface area contributed by atoms with Crippen LogP contribution in [0, 0.1) is 5.92 Å². The average Bonchev–Trinajstić information content (AvgIpc) is 2.28. The van der Waals surface area contributed by atoms with Crippen molar-refractivity contribution in [3.05, 3.63) is 0 Å². The Morgan fingerprint density at radius 2 is 2.00 bits per heavy atom. The quantitative estimate of drug-likeness (QED) is 0.758. The van der Waals surface area contributed by atoms with Gasteiger partial charge in [-0.2, -0.15) is 11.8 Å². The molecule has 1 aliphatic rings. The van der Waals surface area contributed by atoms with Crippen molar-refractivity contribution in [1.29, 1.82) is 0 Å². The number of rotatable bonds is 4. The average molecular weight is 265 g/mol. The number of alkyl halides is 1. The lowest BCUT2D eigenvalue weighted by Gasteiger charge is -2.21. The number of carbonyl (C=O) groups is 2. The number of thioether (sulfide) groups is 1. The van der Waals surface area contributed by atoms with Crippen molar-refractivity contribution in [2.24, 2.45) is 5.92 Å². The fourth-order valence-electron chi connectivity index (χ4n) is 1.51. The van der Waals surface area contributed by atoms with Crippen LogP contribution in [0.15, 0.2) is 0 Å².